The molecule has 22 heavy (non-hydrogen) atoms. The van der Waals surface area contributed by atoms with Crippen LogP contribution in [0.15, 0.2) is 12.7 Å². The molecular weight excluding hydrogens is 282 g/mol. The minimum Gasteiger partial charge on any atom is -0.469 e. The van der Waals surface area contributed by atoms with Gasteiger partial charge in [0.05, 0.1) is 38.1 Å². The monoisotopic (exact) mass is 305 g/mol. The van der Waals surface area contributed by atoms with Crippen LogP contribution in [0.1, 0.15) is 19.8 Å². The summed E-state index contributed by atoms with van der Waals surface area (Å²) in [5.74, 6) is 0.586. The highest BCUT2D eigenvalue weighted by atomic mass is 16.5. The molecule has 1 aliphatic rings. The van der Waals surface area contributed by atoms with Crippen molar-refractivity contribution in [2.75, 3.05) is 31.8 Å². The lowest BCUT2D eigenvalue weighted by molar-refractivity contribution is -0.141. The van der Waals surface area contributed by atoms with Gasteiger partial charge in [0.25, 0.3) is 0 Å². The number of hydrogen-bond donors (Lipinski definition) is 1. The van der Waals surface area contributed by atoms with Gasteiger partial charge >= 0.3 is 5.97 Å². The lowest BCUT2D eigenvalue weighted by Gasteiger charge is -2.35. The van der Waals surface area contributed by atoms with Crippen molar-refractivity contribution in [3.8, 4) is 0 Å². The molecule has 0 radical (unpaired) electrons. The van der Waals surface area contributed by atoms with E-state index in [1.165, 1.54) is 7.11 Å². The second-order valence-electron chi connectivity index (χ2n) is 5.09. The summed E-state index contributed by atoms with van der Waals surface area (Å²) >= 11 is 0. The van der Waals surface area contributed by atoms with Crippen molar-refractivity contribution in [2.45, 2.75) is 25.8 Å². The Hall–Kier alpha value is -2.08. The van der Waals surface area contributed by atoms with Crippen molar-refractivity contribution in [3.05, 3.63) is 23.2 Å². The molecule has 2 rings (SSSR count). The summed E-state index contributed by atoms with van der Waals surface area (Å²) in [5.41, 5.74) is 0. The third-order valence-electron chi connectivity index (χ3n) is 3.64. The Balaban J connectivity index is 2.39. The molecule has 1 aliphatic heterocycles. The van der Waals surface area contributed by atoms with Crippen LogP contribution in [0.25, 0.3) is 12.2 Å². The quantitative estimate of drug-likeness (QED) is 0.794. The number of carbonyl (C=O) groups excluding carboxylic acids is 1. The van der Waals surface area contributed by atoms with Crippen LogP contribution in [-0.2, 0) is 14.3 Å². The number of aromatic nitrogens is 2. The SMILES string of the molecule is C=CC=c1c(N2CCOCC2CC(=O)OC)n[nH]c1=CCC. The number of nitrogens with zero attached hydrogens (tertiary/aromatic N) is 2. The van der Waals surface area contributed by atoms with Gasteiger partial charge in [0.2, 0.25) is 0 Å². The van der Waals surface area contributed by atoms with E-state index in [1.807, 2.05) is 6.08 Å². The molecule has 0 bridgehead atoms. The molecule has 0 saturated carbocycles. The number of morpholine rings is 1. The number of carbonyl (C=O) groups is 1. The zero-order valence-electron chi connectivity index (χ0n) is 13.2. The number of rotatable bonds is 5. The molecular formula is C16H23N3O3. The fourth-order valence-corrected chi connectivity index (χ4v) is 2.59. The number of esters is 1. The molecule has 1 unspecified atom stereocenters. The summed E-state index contributed by atoms with van der Waals surface area (Å²) in [6.45, 7) is 7.65. The zero-order valence-corrected chi connectivity index (χ0v) is 13.2. The van der Waals surface area contributed by atoms with Crippen molar-refractivity contribution in [1.82, 2.24) is 10.2 Å². The van der Waals surface area contributed by atoms with Crippen molar-refractivity contribution in [1.29, 1.82) is 0 Å². The predicted molar refractivity (Wildman–Crippen MR) is 85.8 cm³/mol. The van der Waals surface area contributed by atoms with E-state index < -0.39 is 0 Å². The van der Waals surface area contributed by atoms with E-state index in [4.69, 9.17) is 9.47 Å². The first-order chi connectivity index (χ1) is 10.7. The molecule has 0 amide bonds. The van der Waals surface area contributed by atoms with E-state index in [9.17, 15) is 4.79 Å². The van der Waals surface area contributed by atoms with E-state index >= 15 is 0 Å². The first-order valence-electron chi connectivity index (χ1n) is 7.49. The number of hydrogen-bond acceptors (Lipinski definition) is 5. The number of anilines is 1. The summed E-state index contributed by atoms with van der Waals surface area (Å²) < 4.78 is 10.3. The Morgan fingerprint density at radius 3 is 3.14 bits per heavy atom. The third-order valence-corrected chi connectivity index (χ3v) is 3.64. The van der Waals surface area contributed by atoms with Crippen LogP contribution in [0.3, 0.4) is 0 Å². The molecule has 1 N–H and O–H groups in total. The molecule has 1 atom stereocenters. The molecule has 6 nitrogen and oxygen atoms in total. The fourth-order valence-electron chi connectivity index (χ4n) is 2.59. The van der Waals surface area contributed by atoms with Gasteiger partial charge < -0.3 is 14.4 Å². The van der Waals surface area contributed by atoms with Crippen LogP contribution in [0.5, 0.6) is 0 Å². The van der Waals surface area contributed by atoms with Gasteiger partial charge in [-0.1, -0.05) is 25.7 Å². The molecule has 6 heteroatoms. The minimum atomic E-state index is -0.245. The molecule has 1 saturated heterocycles. The first-order valence-corrected chi connectivity index (χ1v) is 7.49. The summed E-state index contributed by atoms with van der Waals surface area (Å²) in [7, 11) is 1.40. The van der Waals surface area contributed by atoms with Crippen molar-refractivity contribution >= 4 is 23.9 Å². The molecule has 1 fully saturated rings. The Kier molecular flexibility index (Phi) is 5.77. The smallest absolute Gasteiger partial charge is 0.307 e. The Bertz CT molecular complexity index is 636. The van der Waals surface area contributed by atoms with Gasteiger partial charge in [0.15, 0.2) is 5.82 Å². The normalized spacial score (nSPS) is 20.3. The van der Waals surface area contributed by atoms with Gasteiger partial charge in [-0.15, -0.1) is 0 Å². The summed E-state index contributed by atoms with van der Waals surface area (Å²) in [4.78, 5) is 13.7. The Morgan fingerprint density at radius 1 is 1.64 bits per heavy atom. The summed E-state index contributed by atoms with van der Waals surface area (Å²) in [6, 6.07) is -0.0732. The van der Waals surface area contributed by atoms with Crippen LogP contribution in [0.4, 0.5) is 5.82 Å². The van der Waals surface area contributed by atoms with Crippen molar-refractivity contribution in [2.24, 2.45) is 0 Å². The first kappa shape index (κ1) is 16.3. The summed E-state index contributed by atoms with van der Waals surface area (Å²) in [5, 5.41) is 9.47. The standard InChI is InChI=1S/C16H23N3O3/c1-4-6-13-14(7-5-2)17-18-16(13)19-8-9-22-11-12(19)10-15(20)21-3/h4,6-7,12,17H,1,5,8-11H2,2-3H3. The highest BCUT2D eigenvalue weighted by molar-refractivity contribution is 5.71. The van der Waals surface area contributed by atoms with E-state index in [0.29, 0.717) is 19.8 Å². The van der Waals surface area contributed by atoms with Gasteiger partial charge in [0, 0.05) is 11.8 Å². The molecule has 0 aliphatic carbocycles. The number of nitrogens with one attached hydrogen (secondary N) is 1. The predicted octanol–water partition coefficient (Wildman–Crippen LogP) is 0.335. The zero-order chi connectivity index (χ0) is 15.9. The van der Waals surface area contributed by atoms with Gasteiger partial charge in [0.1, 0.15) is 0 Å². The maximum absolute atomic E-state index is 11.6. The number of allylic oxidation sites excluding steroid dienone is 1. The van der Waals surface area contributed by atoms with Crippen LogP contribution in [0, 0.1) is 0 Å². The second-order valence-corrected chi connectivity index (χ2v) is 5.09. The van der Waals surface area contributed by atoms with Crippen LogP contribution >= 0.6 is 0 Å². The average molecular weight is 305 g/mol. The number of methoxy groups -OCH3 is 1. The number of aromatic amines is 1. The van der Waals surface area contributed by atoms with Crippen molar-refractivity contribution in [3.63, 3.8) is 0 Å². The second kappa shape index (κ2) is 7.79. The van der Waals surface area contributed by atoms with Gasteiger partial charge in [-0.3, -0.25) is 9.89 Å². The van der Waals surface area contributed by atoms with Crippen LogP contribution in [-0.4, -0.2) is 49.1 Å². The molecule has 1 aromatic heterocycles. The van der Waals surface area contributed by atoms with E-state index in [0.717, 1.165) is 22.8 Å². The maximum atomic E-state index is 11.6. The van der Waals surface area contributed by atoms with Gasteiger partial charge in [-0.2, -0.15) is 5.10 Å². The lowest BCUT2D eigenvalue weighted by Crippen LogP contribution is -2.49. The average Bonchev–Trinajstić information content (AvgIpc) is 2.91. The van der Waals surface area contributed by atoms with E-state index in [1.54, 1.807) is 6.08 Å². The molecule has 2 heterocycles. The van der Waals surface area contributed by atoms with Crippen molar-refractivity contribution < 1.29 is 14.3 Å². The lowest BCUT2D eigenvalue weighted by atomic mass is 10.1. The number of H-pyrrole nitrogens is 1. The van der Waals surface area contributed by atoms with E-state index in [-0.39, 0.29) is 18.4 Å². The highest BCUT2D eigenvalue weighted by Gasteiger charge is 2.28. The molecule has 0 aromatic carbocycles. The topological polar surface area (TPSA) is 67.4 Å². The maximum Gasteiger partial charge on any atom is 0.307 e. The van der Waals surface area contributed by atoms with Gasteiger partial charge in [-0.25, -0.2) is 0 Å². The summed E-state index contributed by atoms with van der Waals surface area (Å²) in [6.07, 6.45) is 6.96. The van der Waals surface area contributed by atoms with Gasteiger partial charge in [-0.05, 0) is 12.5 Å². The van der Waals surface area contributed by atoms with E-state index in [2.05, 4.69) is 34.7 Å². The largest absolute Gasteiger partial charge is 0.469 e. The Morgan fingerprint density at radius 2 is 2.45 bits per heavy atom. The molecule has 0 spiro atoms. The molecule has 120 valence electrons. The van der Waals surface area contributed by atoms with Crippen LogP contribution in [0.2, 0.25) is 0 Å². The highest BCUT2D eigenvalue weighted by Crippen LogP contribution is 2.16. The third kappa shape index (κ3) is 3.57. The molecule has 1 aromatic rings. The Labute approximate surface area is 130 Å². The fraction of sp³-hybridized carbons (Fsp3) is 0.500. The van der Waals surface area contributed by atoms with Crippen LogP contribution < -0.4 is 15.5 Å². The number of ether oxygens (including phenoxy) is 2. The minimum absolute atomic E-state index is 0.0732.